The highest BCUT2D eigenvalue weighted by molar-refractivity contribution is 5.92. The fraction of sp³-hybridized carbons (Fsp3) is 0.667. The van der Waals surface area contributed by atoms with Gasteiger partial charge in [0.1, 0.15) is 0 Å². The second kappa shape index (κ2) is 5.97. The molecule has 0 saturated carbocycles. The molecule has 6 nitrogen and oxygen atoms in total. The Morgan fingerprint density at radius 2 is 2.05 bits per heavy atom. The van der Waals surface area contributed by atoms with Crippen LogP contribution in [0.2, 0.25) is 0 Å². The van der Waals surface area contributed by atoms with E-state index in [1.54, 1.807) is 6.07 Å². The van der Waals surface area contributed by atoms with Crippen LogP contribution in [0.3, 0.4) is 0 Å². The average molecular weight is 289 g/mol. The summed E-state index contributed by atoms with van der Waals surface area (Å²) >= 11 is 0. The van der Waals surface area contributed by atoms with Gasteiger partial charge < -0.3 is 15.5 Å². The van der Waals surface area contributed by atoms with Crippen LogP contribution in [0.15, 0.2) is 12.1 Å². The minimum Gasteiger partial charge on any atom is -0.355 e. The molecule has 1 amide bonds. The van der Waals surface area contributed by atoms with Gasteiger partial charge in [0.25, 0.3) is 5.91 Å². The van der Waals surface area contributed by atoms with Gasteiger partial charge in [-0.1, -0.05) is 0 Å². The van der Waals surface area contributed by atoms with E-state index in [2.05, 4.69) is 32.8 Å². The summed E-state index contributed by atoms with van der Waals surface area (Å²) in [6.07, 6.45) is 4.90. The zero-order valence-corrected chi connectivity index (χ0v) is 12.7. The number of hydrogen-bond acceptors (Lipinski definition) is 5. The Labute approximate surface area is 125 Å². The molecule has 0 aromatic carbocycles. The Kier molecular flexibility index (Phi) is 4.05. The Balaban J connectivity index is 1.67. The van der Waals surface area contributed by atoms with Crippen molar-refractivity contribution < 1.29 is 4.79 Å². The number of hydrogen-bond donors (Lipinski definition) is 2. The lowest BCUT2D eigenvalue weighted by molar-refractivity contribution is 0.0950. The van der Waals surface area contributed by atoms with Crippen molar-refractivity contribution >= 4 is 11.7 Å². The lowest BCUT2D eigenvalue weighted by Gasteiger charge is -2.36. The molecular weight excluding hydrogens is 266 g/mol. The van der Waals surface area contributed by atoms with Gasteiger partial charge in [0, 0.05) is 31.7 Å². The normalized spacial score (nSPS) is 27.4. The van der Waals surface area contributed by atoms with Crippen LogP contribution in [0.5, 0.6) is 0 Å². The van der Waals surface area contributed by atoms with Crippen molar-refractivity contribution in [1.82, 2.24) is 20.8 Å². The highest BCUT2D eigenvalue weighted by atomic mass is 16.1. The highest BCUT2D eigenvalue weighted by Crippen LogP contribution is 2.30. The van der Waals surface area contributed by atoms with E-state index in [0.29, 0.717) is 30.4 Å². The van der Waals surface area contributed by atoms with Crippen LogP contribution in [0.1, 0.15) is 43.1 Å². The van der Waals surface area contributed by atoms with Crippen LogP contribution < -0.4 is 15.5 Å². The topological polar surface area (TPSA) is 70.2 Å². The first kappa shape index (κ1) is 14.3. The highest BCUT2D eigenvalue weighted by Gasteiger charge is 2.35. The number of piperidine rings is 1. The van der Waals surface area contributed by atoms with Crippen molar-refractivity contribution in [3.8, 4) is 0 Å². The van der Waals surface area contributed by atoms with Crippen molar-refractivity contribution in [3.63, 3.8) is 0 Å². The number of rotatable bonds is 4. The second-order valence-corrected chi connectivity index (χ2v) is 6.01. The van der Waals surface area contributed by atoms with Gasteiger partial charge in [0.05, 0.1) is 0 Å². The van der Waals surface area contributed by atoms with E-state index in [9.17, 15) is 4.79 Å². The fourth-order valence-electron chi connectivity index (χ4n) is 3.42. The SMILES string of the molecule is CCNC(=O)c1ccc(N(C)C2CC3CCC(C2)N3)nn1. The molecule has 21 heavy (non-hydrogen) atoms. The smallest absolute Gasteiger partial charge is 0.271 e. The van der Waals surface area contributed by atoms with Crippen molar-refractivity contribution in [1.29, 1.82) is 0 Å². The maximum atomic E-state index is 11.7. The van der Waals surface area contributed by atoms with Gasteiger partial charge in [-0.2, -0.15) is 0 Å². The number of aromatic nitrogens is 2. The number of nitrogens with one attached hydrogen (secondary N) is 2. The Morgan fingerprint density at radius 3 is 2.62 bits per heavy atom. The summed E-state index contributed by atoms with van der Waals surface area (Å²) in [6, 6.07) is 5.45. The van der Waals surface area contributed by atoms with Gasteiger partial charge in [0.2, 0.25) is 0 Å². The molecule has 0 aliphatic carbocycles. The Bertz CT molecular complexity index is 491. The molecule has 2 unspecified atom stereocenters. The molecule has 3 heterocycles. The summed E-state index contributed by atoms with van der Waals surface area (Å²) in [5.41, 5.74) is 0.374. The second-order valence-electron chi connectivity index (χ2n) is 6.01. The molecule has 1 aromatic rings. The molecule has 114 valence electrons. The molecule has 3 rings (SSSR count). The van der Waals surface area contributed by atoms with Crippen LogP contribution in [-0.2, 0) is 0 Å². The molecule has 2 atom stereocenters. The third-order valence-corrected chi connectivity index (χ3v) is 4.58. The van der Waals surface area contributed by atoms with E-state index < -0.39 is 0 Å². The zero-order valence-electron chi connectivity index (χ0n) is 12.7. The van der Waals surface area contributed by atoms with E-state index in [1.807, 2.05) is 13.0 Å². The number of carbonyl (C=O) groups is 1. The maximum Gasteiger partial charge on any atom is 0.271 e. The lowest BCUT2D eigenvalue weighted by Crippen LogP contribution is -2.47. The largest absolute Gasteiger partial charge is 0.355 e. The Morgan fingerprint density at radius 1 is 1.33 bits per heavy atom. The van der Waals surface area contributed by atoms with Crippen molar-refractivity contribution in [2.75, 3.05) is 18.5 Å². The van der Waals surface area contributed by atoms with E-state index in [1.165, 1.54) is 12.8 Å². The maximum absolute atomic E-state index is 11.7. The summed E-state index contributed by atoms with van der Waals surface area (Å²) in [5, 5.41) is 14.6. The van der Waals surface area contributed by atoms with Crippen molar-refractivity contribution in [2.45, 2.75) is 50.7 Å². The number of carbonyl (C=O) groups excluding carboxylic acids is 1. The molecule has 6 heteroatoms. The van der Waals surface area contributed by atoms with E-state index in [-0.39, 0.29) is 5.91 Å². The summed E-state index contributed by atoms with van der Waals surface area (Å²) < 4.78 is 0. The van der Waals surface area contributed by atoms with Crippen LogP contribution in [0.4, 0.5) is 5.82 Å². The molecule has 0 radical (unpaired) electrons. The monoisotopic (exact) mass is 289 g/mol. The fourth-order valence-corrected chi connectivity index (χ4v) is 3.42. The predicted molar refractivity (Wildman–Crippen MR) is 81.4 cm³/mol. The summed E-state index contributed by atoms with van der Waals surface area (Å²) in [7, 11) is 2.07. The molecule has 2 aliphatic rings. The summed E-state index contributed by atoms with van der Waals surface area (Å²) in [5.74, 6) is 0.675. The molecule has 2 fully saturated rings. The molecule has 0 spiro atoms. The van der Waals surface area contributed by atoms with E-state index in [4.69, 9.17) is 0 Å². The van der Waals surface area contributed by atoms with Crippen molar-refractivity contribution in [2.24, 2.45) is 0 Å². The first-order valence-corrected chi connectivity index (χ1v) is 7.78. The zero-order chi connectivity index (χ0) is 14.8. The number of amides is 1. The quantitative estimate of drug-likeness (QED) is 0.863. The van der Waals surface area contributed by atoms with Gasteiger partial charge in [0.15, 0.2) is 11.5 Å². The predicted octanol–water partition coefficient (Wildman–Crippen LogP) is 0.945. The average Bonchev–Trinajstić information content (AvgIpc) is 2.85. The van der Waals surface area contributed by atoms with Crippen LogP contribution >= 0.6 is 0 Å². The Hall–Kier alpha value is -1.69. The molecular formula is C15H23N5O. The lowest BCUT2D eigenvalue weighted by atomic mass is 9.98. The van der Waals surface area contributed by atoms with Gasteiger partial charge in [-0.3, -0.25) is 4.79 Å². The molecule has 2 N–H and O–H groups in total. The van der Waals surface area contributed by atoms with E-state index >= 15 is 0 Å². The number of nitrogens with zero attached hydrogens (tertiary/aromatic N) is 3. The minimum atomic E-state index is -0.167. The van der Waals surface area contributed by atoms with E-state index in [0.717, 1.165) is 18.7 Å². The first-order valence-electron chi connectivity index (χ1n) is 7.78. The standard InChI is InChI=1S/C15H23N5O/c1-3-16-15(21)13-6-7-14(19-18-13)20(2)12-8-10-4-5-11(9-12)17-10/h6-7,10-12,17H,3-5,8-9H2,1-2H3,(H,16,21). The van der Waals surface area contributed by atoms with Crippen molar-refractivity contribution in [3.05, 3.63) is 17.8 Å². The molecule has 1 aromatic heterocycles. The van der Waals surface area contributed by atoms with Gasteiger partial charge in [-0.25, -0.2) is 0 Å². The third-order valence-electron chi connectivity index (χ3n) is 4.58. The van der Waals surface area contributed by atoms with Gasteiger partial charge >= 0.3 is 0 Å². The van der Waals surface area contributed by atoms with Crippen LogP contribution in [-0.4, -0.2) is 47.8 Å². The summed E-state index contributed by atoms with van der Waals surface area (Å²) in [6.45, 7) is 2.49. The van der Waals surface area contributed by atoms with Crippen LogP contribution in [0, 0.1) is 0 Å². The minimum absolute atomic E-state index is 0.167. The van der Waals surface area contributed by atoms with Gasteiger partial charge in [-0.15, -0.1) is 10.2 Å². The molecule has 2 bridgehead atoms. The first-order chi connectivity index (χ1) is 10.2. The molecule has 2 aliphatic heterocycles. The molecule has 2 saturated heterocycles. The summed E-state index contributed by atoms with van der Waals surface area (Å²) in [4.78, 5) is 13.9. The number of fused-ring (bicyclic) bond motifs is 2. The number of anilines is 1. The van der Waals surface area contributed by atoms with Gasteiger partial charge in [-0.05, 0) is 44.7 Å². The third kappa shape index (κ3) is 3.00. The van der Waals surface area contributed by atoms with Crippen LogP contribution in [0.25, 0.3) is 0 Å².